The van der Waals surface area contributed by atoms with Gasteiger partial charge in [0.1, 0.15) is 5.82 Å². The van der Waals surface area contributed by atoms with Gasteiger partial charge >= 0.3 is 0 Å². The lowest BCUT2D eigenvalue weighted by Gasteiger charge is -2.15. The average Bonchev–Trinajstić information content (AvgIpc) is 3.27. The summed E-state index contributed by atoms with van der Waals surface area (Å²) in [6.07, 6.45) is 2.45. The number of ether oxygens (including phenoxy) is 1. The van der Waals surface area contributed by atoms with Crippen molar-refractivity contribution in [2.75, 3.05) is 13.2 Å². The summed E-state index contributed by atoms with van der Waals surface area (Å²) in [7, 11) is 1.96. The summed E-state index contributed by atoms with van der Waals surface area (Å²) in [5, 5.41) is 15.7. The van der Waals surface area contributed by atoms with Crippen LogP contribution >= 0.6 is 35.6 Å². The zero-order chi connectivity index (χ0) is 18.4. The van der Waals surface area contributed by atoms with Gasteiger partial charge in [-0.3, -0.25) is 0 Å². The number of aryl methyl sites for hydroxylation is 1. The second-order valence-electron chi connectivity index (χ2n) is 6.38. The minimum atomic E-state index is 0. The highest BCUT2D eigenvalue weighted by Crippen LogP contribution is 2.11. The summed E-state index contributed by atoms with van der Waals surface area (Å²) in [5.41, 5.74) is 1.10. The SMILES string of the molecule is Cc1nnc(CNC(=NCc2ccc(Cl)cc2)NCC2CCCO2)n1C.I. The molecule has 1 saturated heterocycles. The third-order valence-electron chi connectivity index (χ3n) is 4.45. The van der Waals surface area contributed by atoms with Crippen molar-refractivity contribution >= 4 is 41.5 Å². The van der Waals surface area contributed by atoms with Crippen molar-refractivity contribution in [2.45, 2.75) is 39.0 Å². The van der Waals surface area contributed by atoms with Crippen molar-refractivity contribution in [3.05, 3.63) is 46.5 Å². The average molecular weight is 505 g/mol. The molecule has 1 fully saturated rings. The molecule has 0 bridgehead atoms. The van der Waals surface area contributed by atoms with E-state index in [9.17, 15) is 0 Å². The first-order valence-electron chi connectivity index (χ1n) is 8.85. The van der Waals surface area contributed by atoms with Gasteiger partial charge in [0, 0.05) is 25.2 Å². The molecule has 27 heavy (non-hydrogen) atoms. The highest BCUT2D eigenvalue weighted by atomic mass is 127. The third kappa shape index (κ3) is 6.62. The predicted octanol–water partition coefficient (Wildman–Crippen LogP) is 2.81. The molecule has 2 N–H and O–H groups in total. The van der Waals surface area contributed by atoms with E-state index in [2.05, 4.69) is 25.8 Å². The molecule has 7 nitrogen and oxygen atoms in total. The number of nitrogens with zero attached hydrogens (tertiary/aromatic N) is 4. The Balaban J connectivity index is 0.00000261. The van der Waals surface area contributed by atoms with Gasteiger partial charge in [-0.1, -0.05) is 23.7 Å². The number of aliphatic imine (C=N–C) groups is 1. The molecule has 0 saturated carbocycles. The number of hydrogen-bond donors (Lipinski definition) is 2. The van der Waals surface area contributed by atoms with Gasteiger partial charge in [0.15, 0.2) is 11.8 Å². The number of guanidine groups is 1. The fraction of sp³-hybridized carbons (Fsp3) is 0.500. The Bertz CT molecular complexity index is 743. The number of nitrogens with one attached hydrogen (secondary N) is 2. The Hall–Kier alpha value is -1.39. The standard InChI is InChI=1S/C18H25ClN6O.HI/c1-13-23-24-17(25(13)2)12-22-18(21-11-16-4-3-9-26-16)20-10-14-5-7-15(19)8-6-14;/h5-8,16H,3-4,9-12H2,1-2H3,(H2,20,21,22);1H. The van der Waals surface area contributed by atoms with Crippen LogP contribution in [0.2, 0.25) is 5.02 Å². The van der Waals surface area contributed by atoms with Crippen LogP contribution in [0.3, 0.4) is 0 Å². The topological polar surface area (TPSA) is 76.4 Å². The van der Waals surface area contributed by atoms with E-state index in [-0.39, 0.29) is 30.1 Å². The summed E-state index contributed by atoms with van der Waals surface area (Å²) in [6, 6.07) is 7.72. The molecule has 0 aliphatic carbocycles. The van der Waals surface area contributed by atoms with Gasteiger partial charge in [0.25, 0.3) is 0 Å². The van der Waals surface area contributed by atoms with Crippen molar-refractivity contribution in [1.82, 2.24) is 25.4 Å². The first-order chi connectivity index (χ1) is 12.6. The van der Waals surface area contributed by atoms with Crippen LogP contribution < -0.4 is 10.6 Å². The monoisotopic (exact) mass is 504 g/mol. The smallest absolute Gasteiger partial charge is 0.192 e. The van der Waals surface area contributed by atoms with Crippen LogP contribution in [0.15, 0.2) is 29.3 Å². The maximum absolute atomic E-state index is 5.94. The molecule has 1 atom stereocenters. The van der Waals surface area contributed by atoms with E-state index in [0.717, 1.165) is 54.2 Å². The molecule has 2 heterocycles. The van der Waals surface area contributed by atoms with Crippen LogP contribution in [0.5, 0.6) is 0 Å². The van der Waals surface area contributed by atoms with Gasteiger partial charge < -0.3 is 19.9 Å². The maximum Gasteiger partial charge on any atom is 0.192 e. The van der Waals surface area contributed by atoms with Crippen molar-refractivity contribution in [3.63, 3.8) is 0 Å². The van der Waals surface area contributed by atoms with E-state index in [1.165, 1.54) is 0 Å². The number of aromatic nitrogens is 3. The van der Waals surface area contributed by atoms with Crippen LogP contribution in [-0.2, 0) is 24.9 Å². The first-order valence-corrected chi connectivity index (χ1v) is 9.22. The van der Waals surface area contributed by atoms with Crippen LogP contribution in [0, 0.1) is 6.92 Å². The number of halogens is 2. The van der Waals surface area contributed by atoms with E-state index < -0.39 is 0 Å². The van der Waals surface area contributed by atoms with Crippen LogP contribution in [0.25, 0.3) is 0 Å². The Kier molecular flexibility index (Phi) is 8.78. The van der Waals surface area contributed by atoms with Crippen molar-refractivity contribution in [1.29, 1.82) is 0 Å². The van der Waals surface area contributed by atoms with E-state index in [4.69, 9.17) is 16.3 Å². The predicted molar refractivity (Wildman–Crippen MR) is 118 cm³/mol. The molecule has 0 radical (unpaired) electrons. The van der Waals surface area contributed by atoms with E-state index in [1.807, 2.05) is 42.8 Å². The van der Waals surface area contributed by atoms with Crippen molar-refractivity contribution < 1.29 is 4.74 Å². The molecule has 9 heteroatoms. The quantitative estimate of drug-likeness (QED) is 0.359. The van der Waals surface area contributed by atoms with E-state index in [1.54, 1.807) is 0 Å². The summed E-state index contributed by atoms with van der Waals surface area (Å²) in [6.45, 7) is 4.63. The molecule has 2 aromatic rings. The molecule has 0 spiro atoms. The lowest BCUT2D eigenvalue weighted by Crippen LogP contribution is -2.41. The summed E-state index contributed by atoms with van der Waals surface area (Å²) < 4.78 is 7.64. The molecule has 1 aromatic carbocycles. The van der Waals surface area contributed by atoms with Crippen LogP contribution in [0.4, 0.5) is 0 Å². The van der Waals surface area contributed by atoms with Gasteiger partial charge in [0.05, 0.1) is 19.2 Å². The Morgan fingerprint density at radius 2 is 2.07 bits per heavy atom. The maximum atomic E-state index is 5.94. The minimum absolute atomic E-state index is 0. The summed E-state index contributed by atoms with van der Waals surface area (Å²) in [4.78, 5) is 4.67. The zero-order valence-electron chi connectivity index (χ0n) is 15.6. The van der Waals surface area contributed by atoms with Gasteiger partial charge in [0.2, 0.25) is 0 Å². The van der Waals surface area contributed by atoms with Gasteiger partial charge in [-0.05, 0) is 37.5 Å². The lowest BCUT2D eigenvalue weighted by molar-refractivity contribution is 0.113. The zero-order valence-corrected chi connectivity index (χ0v) is 18.7. The highest BCUT2D eigenvalue weighted by Gasteiger charge is 2.16. The molecular formula is C18H26ClIN6O. The number of rotatable bonds is 6. The fourth-order valence-electron chi connectivity index (χ4n) is 2.72. The molecule has 1 aliphatic rings. The van der Waals surface area contributed by atoms with Gasteiger partial charge in [-0.25, -0.2) is 4.99 Å². The third-order valence-corrected chi connectivity index (χ3v) is 4.70. The second kappa shape index (κ2) is 10.8. The lowest BCUT2D eigenvalue weighted by atomic mass is 10.2. The Morgan fingerprint density at radius 1 is 1.30 bits per heavy atom. The van der Waals surface area contributed by atoms with Crippen molar-refractivity contribution in [3.8, 4) is 0 Å². The van der Waals surface area contributed by atoms with E-state index in [0.29, 0.717) is 13.1 Å². The second-order valence-corrected chi connectivity index (χ2v) is 6.82. The highest BCUT2D eigenvalue weighted by molar-refractivity contribution is 14.0. The molecule has 1 aliphatic heterocycles. The number of hydrogen-bond acceptors (Lipinski definition) is 4. The fourth-order valence-corrected chi connectivity index (χ4v) is 2.84. The van der Waals surface area contributed by atoms with Crippen molar-refractivity contribution in [2.24, 2.45) is 12.0 Å². The minimum Gasteiger partial charge on any atom is -0.376 e. The van der Waals surface area contributed by atoms with Gasteiger partial charge in [-0.15, -0.1) is 34.2 Å². The molecule has 1 unspecified atom stereocenters. The molecule has 148 valence electrons. The Labute approximate surface area is 182 Å². The molecule has 3 rings (SSSR count). The normalized spacial score (nSPS) is 16.9. The molecule has 1 aromatic heterocycles. The summed E-state index contributed by atoms with van der Waals surface area (Å²) >= 11 is 5.94. The largest absolute Gasteiger partial charge is 0.376 e. The summed E-state index contributed by atoms with van der Waals surface area (Å²) in [5.74, 6) is 2.48. The van der Waals surface area contributed by atoms with E-state index >= 15 is 0 Å². The van der Waals surface area contributed by atoms with Crippen LogP contribution in [0.1, 0.15) is 30.1 Å². The molecule has 0 amide bonds. The Morgan fingerprint density at radius 3 is 2.70 bits per heavy atom. The number of benzene rings is 1. The van der Waals surface area contributed by atoms with Gasteiger partial charge in [-0.2, -0.15) is 0 Å². The first kappa shape index (κ1) is 21.9. The van der Waals surface area contributed by atoms with Crippen LogP contribution in [-0.4, -0.2) is 40.0 Å². The molecular weight excluding hydrogens is 479 g/mol.